The molecule has 0 saturated heterocycles. The third-order valence-corrected chi connectivity index (χ3v) is 4.62. The lowest BCUT2D eigenvalue weighted by Gasteiger charge is -2.06. The minimum absolute atomic E-state index is 0.0791. The van der Waals surface area contributed by atoms with E-state index >= 15 is 0 Å². The first-order valence-corrected chi connectivity index (χ1v) is 9.16. The molecule has 0 aromatic carbocycles. The summed E-state index contributed by atoms with van der Waals surface area (Å²) in [6, 6.07) is 1.27. The zero-order valence-electron chi connectivity index (χ0n) is 11.8. The summed E-state index contributed by atoms with van der Waals surface area (Å²) < 4.78 is 29.3. The molecule has 6 nitrogen and oxygen atoms in total. The lowest BCUT2D eigenvalue weighted by Crippen LogP contribution is -2.27. The predicted molar refractivity (Wildman–Crippen MR) is 78.9 cm³/mol. The van der Waals surface area contributed by atoms with Gasteiger partial charge in [0.25, 0.3) is 15.0 Å². The summed E-state index contributed by atoms with van der Waals surface area (Å²) in [6.07, 6.45) is 4.56. The van der Waals surface area contributed by atoms with Crippen molar-refractivity contribution in [2.24, 2.45) is 13.0 Å². The Morgan fingerprint density at radius 1 is 1.52 bits per heavy atom. The Balaban J connectivity index is 1.75. The molecule has 21 heavy (non-hydrogen) atoms. The number of amides is 1. The number of rotatable bonds is 8. The molecule has 118 valence electrons. The first kappa shape index (κ1) is 16.3. The molecular weight excluding hydrogens is 316 g/mol. The highest BCUT2D eigenvalue weighted by molar-refractivity contribution is 8.13. The third kappa shape index (κ3) is 5.01. The summed E-state index contributed by atoms with van der Waals surface area (Å²) in [4.78, 5) is 11.9. The van der Waals surface area contributed by atoms with E-state index in [2.05, 4.69) is 5.32 Å². The molecule has 0 unspecified atom stereocenters. The standard InChI is InChI=1S/C13H19ClN2O4S/c1-16-8-11(21(14,18)19)7-12(16)13(17)15-5-2-6-20-9-10-3-4-10/h7-8,10H,2-6,9H2,1H3,(H,15,17). The SMILES string of the molecule is Cn1cc(S(=O)(=O)Cl)cc1C(=O)NCCCOCC1CC1. The van der Waals surface area contributed by atoms with Crippen LogP contribution in [-0.4, -0.2) is 38.7 Å². The number of nitrogens with one attached hydrogen (secondary N) is 1. The van der Waals surface area contributed by atoms with Gasteiger partial charge in [-0.3, -0.25) is 4.79 Å². The van der Waals surface area contributed by atoms with Gasteiger partial charge in [0.15, 0.2) is 0 Å². The minimum Gasteiger partial charge on any atom is -0.381 e. The molecule has 1 aliphatic rings. The molecule has 1 saturated carbocycles. The second-order valence-electron chi connectivity index (χ2n) is 5.24. The van der Waals surface area contributed by atoms with Crippen LogP contribution < -0.4 is 5.32 Å². The van der Waals surface area contributed by atoms with Gasteiger partial charge in [-0.15, -0.1) is 0 Å². The lowest BCUT2D eigenvalue weighted by molar-refractivity contribution is 0.0929. The van der Waals surface area contributed by atoms with E-state index in [9.17, 15) is 13.2 Å². The second kappa shape index (κ2) is 6.81. The van der Waals surface area contributed by atoms with Gasteiger partial charge in [0.05, 0.1) is 0 Å². The average molecular weight is 335 g/mol. The van der Waals surface area contributed by atoms with Crippen molar-refractivity contribution in [1.29, 1.82) is 0 Å². The number of carbonyl (C=O) groups excluding carboxylic acids is 1. The normalized spacial score (nSPS) is 15.1. The maximum absolute atomic E-state index is 11.9. The molecule has 1 heterocycles. The van der Waals surface area contributed by atoms with Crippen LogP contribution in [-0.2, 0) is 20.8 Å². The van der Waals surface area contributed by atoms with Crippen LogP contribution in [0.5, 0.6) is 0 Å². The number of halogens is 1. The van der Waals surface area contributed by atoms with Crippen molar-refractivity contribution in [3.63, 3.8) is 0 Å². The van der Waals surface area contributed by atoms with Crippen LogP contribution in [0.3, 0.4) is 0 Å². The summed E-state index contributed by atoms with van der Waals surface area (Å²) >= 11 is 0. The number of hydrogen-bond donors (Lipinski definition) is 1. The van der Waals surface area contributed by atoms with Gasteiger partial charge in [0.2, 0.25) is 0 Å². The largest absolute Gasteiger partial charge is 0.381 e. The van der Waals surface area contributed by atoms with Crippen molar-refractivity contribution in [3.05, 3.63) is 18.0 Å². The van der Waals surface area contributed by atoms with Crippen LogP contribution in [0.1, 0.15) is 29.8 Å². The summed E-state index contributed by atoms with van der Waals surface area (Å²) in [5.41, 5.74) is 0.258. The maximum atomic E-state index is 11.9. The Kier molecular flexibility index (Phi) is 5.29. The number of hydrogen-bond acceptors (Lipinski definition) is 4. The number of carbonyl (C=O) groups is 1. The molecule has 1 aromatic heterocycles. The monoisotopic (exact) mass is 334 g/mol. The smallest absolute Gasteiger partial charge is 0.267 e. The van der Waals surface area contributed by atoms with Gasteiger partial charge in [0.1, 0.15) is 10.6 Å². The Morgan fingerprint density at radius 2 is 2.24 bits per heavy atom. The van der Waals surface area contributed by atoms with Crippen molar-refractivity contribution in [2.75, 3.05) is 19.8 Å². The zero-order chi connectivity index (χ0) is 15.5. The van der Waals surface area contributed by atoms with E-state index in [1.165, 1.54) is 29.7 Å². The molecule has 1 aromatic rings. The Bertz CT molecular complexity index is 608. The highest BCUT2D eigenvalue weighted by Crippen LogP contribution is 2.28. The van der Waals surface area contributed by atoms with Gasteiger partial charge >= 0.3 is 0 Å². The lowest BCUT2D eigenvalue weighted by atomic mass is 10.3. The van der Waals surface area contributed by atoms with Gasteiger partial charge < -0.3 is 14.6 Å². The van der Waals surface area contributed by atoms with E-state index in [1.807, 2.05) is 0 Å². The topological polar surface area (TPSA) is 77.4 Å². The molecule has 0 radical (unpaired) electrons. The first-order chi connectivity index (χ1) is 9.88. The van der Waals surface area contributed by atoms with Crippen LogP contribution >= 0.6 is 10.7 Å². The van der Waals surface area contributed by atoms with Crippen LogP contribution in [0.15, 0.2) is 17.2 Å². The molecule has 0 aliphatic heterocycles. The summed E-state index contributed by atoms with van der Waals surface area (Å²) in [6.45, 7) is 1.91. The summed E-state index contributed by atoms with van der Waals surface area (Å²) in [5, 5.41) is 2.73. The minimum atomic E-state index is -3.82. The van der Waals surface area contributed by atoms with Crippen LogP contribution in [0, 0.1) is 5.92 Å². The molecule has 1 amide bonds. The van der Waals surface area contributed by atoms with Crippen molar-refractivity contribution < 1.29 is 17.9 Å². The Labute approximate surface area is 128 Å². The summed E-state index contributed by atoms with van der Waals surface area (Å²) in [5.74, 6) is 0.408. The molecule has 0 atom stereocenters. The van der Waals surface area contributed by atoms with E-state index < -0.39 is 9.05 Å². The van der Waals surface area contributed by atoms with E-state index in [0.29, 0.717) is 13.2 Å². The fourth-order valence-electron chi connectivity index (χ4n) is 1.89. The maximum Gasteiger partial charge on any atom is 0.267 e. The Morgan fingerprint density at radius 3 is 2.81 bits per heavy atom. The number of aryl methyl sites for hydroxylation is 1. The van der Waals surface area contributed by atoms with Crippen molar-refractivity contribution >= 4 is 25.6 Å². The third-order valence-electron chi connectivity index (χ3n) is 3.30. The van der Waals surface area contributed by atoms with Gasteiger partial charge in [-0.2, -0.15) is 0 Å². The first-order valence-electron chi connectivity index (χ1n) is 6.85. The van der Waals surface area contributed by atoms with Gasteiger partial charge in [0, 0.05) is 43.7 Å². The van der Waals surface area contributed by atoms with Crippen molar-refractivity contribution in [1.82, 2.24) is 9.88 Å². The van der Waals surface area contributed by atoms with Crippen LogP contribution in [0.25, 0.3) is 0 Å². The van der Waals surface area contributed by atoms with E-state index in [-0.39, 0.29) is 16.5 Å². The molecule has 0 bridgehead atoms. The second-order valence-corrected chi connectivity index (χ2v) is 7.80. The highest BCUT2D eigenvalue weighted by Gasteiger charge is 2.21. The van der Waals surface area contributed by atoms with E-state index in [4.69, 9.17) is 15.4 Å². The molecule has 0 spiro atoms. The number of nitrogens with zero attached hydrogens (tertiary/aromatic N) is 1. The molecular formula is C13H19ClN2O4S. The molecule has 2 rings (SSSR count). The van der Waals surface area contributed by atoms with Crippen molar-refractivity contribution in [2.45, 2.75) is 24.2 Å². The number of ether oxygens (including phenoxy) is 1. The molecule has 1 fully saturated rings. The van der Waals surface area contributed by atoms with Gasteiger partial charge in [-0.25, -0.2) is 8.42 Å². The van der Waals surface area contributed by atoms with Crippen LogP contribution in [0.4, 0.5) is 0 Å². The highest BCUT2D eigenvalue weighted by atomic mass is 35.7. The zero-order valence-corrected chi connectivity index (χ0v) is 13.4. The van der Waals surface area contributed by atoms with Gasteiger partial charge in [-0.05, 0) is 31.2 Å². The summed E-state index contributed by atoms with van der Waals surface area (Å²) in [7, 11) is 3.03. The number of aromatic nitrogens is 1. The Hall–Kier alpha value is -1.05. The van der Waals surface area contributed by atoms with E-state index in [1.54, 1.807) is 7.05 Å². The van der Waals surface area contributed by atoms with Crippen molar-refractivity contribution in [3.8, 4) is 0 Å². The fourth-order valence-corrected chi connectivity index (χ4v) is 2.68. The predicted octanol–water partition coefficient (Wildman–Crippen LogP) is 1.50. The van der Waals surface area contributed by atoms with Gasteiger partial charge in [-0.1, -0.05) is 0 Å². The van der Waals surface area contributed by atoms with Crippen LogP contribution in [0.2, 0.25) is 0 Å². The molecule has 1 N–H and O–H groups in total. The molecule has 8 heteroatoms. The molecule has 1 aliphatic carbocycles. The average Bonchev–Trinajstić information content (AvgIpc) is 3.13. The quantitative estimate of drug-likeness (QED) is 0.577. The fraction of sp³-hybridized carbons (Fsp3) is 0.615. The van der Waals surface area contributed by atoms with E-state index in [0.717, 1.165) is 18.9 Å².